The lowest BCUT2D eigenvalue weighted by Crippen LogP contribution is -2.25. The Morgan fingerprint density at radius 2 is 1.75 bits per heavy atom. The number of rotatable bonds is 5. The van der Waals surface area contributed by atoms with Gasteiger partial charge in [0.25, 0.3) is 9.05 Å². The van der Waals surface area contributed by atoms with Crippen LogP contribution in [0.3, 0.4) is 0 Å². The lowest BCUT2D eigenvalue weighted by atomic mass is 10.1. The molecule has 20 heavy (non-hydrogen) atoms. The molecule has 0 spiro atoms. The maximum Gasteiger partial charge on any atom is 0.261 e. The Bertz CT molecular complexity index is 557. The van der Waals surface area contributed by atoms with Gasteiger partial charge in [-0.2, -0.15) is 0 Å². The van der Waals surface area contributed by atoms with Gasteiger partial charge in [-0.1, -0.05) is 0 Å². The Kier molecular flexibility index (Phi) is 4.94. The number of hydrogen-bond acceptors (Lipinski definition) is 4. The first-order chi connectivity index (χ1) is 9.38. The molecule has 2 rings (SSSR count). The van der Waals surface area contributed by atoms with Crippen molar-refractivity contribution in [3.05, 3.63) is 23.3 Å². The van der Waals surface area contributed by atoms with Crippen LogP contribution in [0.4, 0.5) is 0 Å². The predicted molar refractivity (Wildman–Crippen MR) is 80.1 cm³/mol. The van der Waals surface area contributed by atoms with Crippen LogP contribution >= 0.6 is 10.7 Å². The fourth-order valence-electron chi connectivity index (χ4n) is 2.68. The zero-order valence-corrected chi connectivity index (χ0v) is 13.4. The van der Waals surface area contributed by atoms with Crippen molar-refractivity contribution in [1.82, 2.24) is 4.90 Å². The molecule has 1 aliphatic rings. The molecule has 0 N–H and O–H groups in total. The molecule has 1 fully saturated rings. The van der Waals surface area contributed by atoms with Crippen LogP contribution in [0.1, 0.15) is 24.0 Å². The van der Waals surface area contributed by atoms with Crippen LogP contribution in [0, 0.1) is 13.8 Å². The minimum atomic E-state index is -3.71. The van der Waals surface area contributed by atoms with Crippen molar-refractivity contribution >= 4 is 19.7 Å². The molecule has 0 amide bonds. The molecule has 112 valence electrons. The normalized spacial score (nSPS) is 16.6. The Balaban J connectivity index is 2.02. The molecule has 0 unspecified atom stereocenters. The van der Waals surface area contributed by atoms with Gasteiger partial charge in [-0.3, -0.25) is 4.90 Å². The quantitative estimate of drug-likeness (QED) is 0.783. The number of ether oxygens (including phenoxy) is 1. The molecular formula is C14H20ClNO3S. The summed E-state index contributed by atoms with van der Waals surface area (Å²) in [4.78, 5) is 2.56. The fraction of sp³-hybridized carbons (Fsp3) is 0.571. The van der Waals surface area contributed by atoms with Gasteiger partial charge < -0.3 is 4.74 Å². The summed E-state index contributed by atoms with van der Waals surface area (Å²) in [6.45, 7) is 7.28. The lowest BCUT2D eigenvalue weighted by Gasteiger charge is -2.16. The van der Waals surface area contributed by atoms with Gasteiger partial charge in [0.15, 0.2) is 0 Å². The molecule has 0 aromatic heterocycles. The van der Waals surface area contributed by atoms with E-state index in [1.54, 1.807) is 26.0 Å². The third kappa shape index (κ3) is 3.87. The van der Waals surface area contributed by atoms with E-state index in [0.29, 0.717) is 23.5 Å². The minimum absolute atomic E-state index is 0.186. The average Bonchev–Trinajstić information content (AvgIpc) is 2.79. The van der Waals surface area contributed by atoms with Crippen molar-refractivity contribution in [1.29, 1.82) is 0 Å². The van der Waals surface area contributed by atoms with E-state index in [1.165, 1.54) is 12.8 Å². The standard InChI is InChI=1S/C14H20ClNO3S/c1-11-9-13(10-12(2)14(11)20(15,17)18)19-8-7-16-5-3-4-6-16/h9-10H,3-8H2,1-2H3. The third-order valence-corrected chi connectivity index (χ3v) is 5.15. The summed E-state index contributed by atoms with van der Waals surface area (Å²) < 4.78 is 28.7. The van der Waals surface area contributed by atoms with Crippen LogP contribution in [-0.2, 0) is 9.05 Å². The van der Waals surface area contributed by atoms with Crippen molar-refractivity contribution in [3.8, 4) is 5.75 Å². The van der Waals surface area contributed by atoms with E-state index < -0.39 is 9.05 Å². The molecule has 1 aromatic rings. The van der Waals surface area contributed by atoms with Crippen molar-refractivity contribution in [3.63, 3.8) is 0 Å². The molecule has 0 radical (unpaired) electrons. The second-order valence-corrected chi connectivity index (χ2v) is 7.72. The smallest absolute Gasteiger partial charge is 0.261 e. The van der Waals surface area contributed by atoms with Gasteiger partial charge in [0.05, 0.1) is 4.90 Å². The summed E-state index contributed by atoms with van der Waals surface area (Å²) in [6.07, 6.45) is 2.53. The van der Waals surface area contributed by atoms with Gasteiger partial charge >= 0.3 is 0 Å². The molecule has 4 nitrogen and oxygen atoms in total. The van der Waals surface area contributed by atoms with Gasteiger partial charge in [0, 0.05) is 17.2 Å². The fourth-order valence-corrected chi connectivity index (χ4v) is 4.29. The van der Waals surface area contributed by atoms with Crippen LogP contribution in [0.5, 0.6) is 5.75 Å². The van der Waals surface area contributed by atoms with Crippen LogP contribution in [-0.4, -0.2) is 39.6 Å². The summed E-state index contributed by atoms with van der Waals surface area (Å²) in [6, 6.07) is 3.46. The number of hydrogen-bond donors (Lipinski definition) is 0. The van der Waals surface area contributed by atoms with Crippen molar-refractivity contribution in [2.75, 3.05) is 26.2 Å². The van der Waals surface area contributed by atoms with E-state index >= 15 is 0 Å². The number of nitrogens with zero attached hydrogens (tertiary/aromatic N) is 1. The summed E-state index contributed by atoms with van der Waals surface area (Å²) in [5.41, 5.74) is 1.24. The van der Waals surface area contributed by atoms with Gasteiger partial charge in [-0.05, 0) is 63.0 Å². The van der Waals surface area contributed by atoms with E-state index in [-0.39, 0.29) is 4.90 Å². The molecule has 1 aliphatic heterocycles. The second kappa shape index (κ2) is 6.33. The van der Waals surface area contributed by atoms with Gasteiger partial charge in [0.1, 0.15) is 12.4 Å². The zero-order valence-electron chi connectivity index (χ0n) is 11.9. The van der Waals surface area contributed by atoms with Crippen LogP contribution in [0.25, 0.3) is 0 Å². The van der Waals surface area contributed by atoms with Crippen LogP contribution < -0.4 is 4.74 Å². The summed E-state index contributed by atoms with van der Waals surface area (Å²) in [5, 5.41) is 0. The second-order valence-electron chi connectivity index (χ2n) is 5.22. The highest BCUT2D eigenvalue weighted by Gasteiger charge is 2.18. The van der Waals surface area contributed by atoms with Crippen molar-refractivity contribution in [2.45, 2.75) is 31.6 Å². The predicted octanol–water partition coefficient (Wildman–Crippen LogP) is 2.71. The maximum absolute atomic E-state index is 11.5. The minimum Gasteiger partial charge on any atom is -0.492 e. The topological polar surface area (TPSA) is 46.6 Å². The van der Waals surface area contributed by atoms with E-state index in [0.717, 1.165) is 19.6 Å². The van der Waals surface area contributed by atoms with E-state index in [2.05, 4.69) is 4.90 Å². The van der Waals surface area contributed by atoms with Crippen LogP contribution in [0.15, 0.2) is 17.0 Å². The molecule has 1 saturated heterocycles. The highest BCUT2D eigenvalue weighted by molar-refractivity contribution is 8.13. The Labute approximate surface area is 125 Å². The van der Waals surface area contributed by atoms with Crippen molar-refractivity contribution < 1.29 is 13.2 Å². The first-order valence-electron chi connectivity index (χ1n) is 6.79. The number of benzene rings is 1. The van der Waals surface area contributed by atoms with E-state index in [1.807, 2.05) is 0 Å². The molecule has 1 aromatic carbocycles. The molecule has 0 aliphatic carbocycles. The molecule has 0 saturated carbocycles. The molecule has 0 atom stereocenters. The van der Waals surface area contributed by atoms with E-state index in [4.69, 9.17) is 15.4 Å². The monoisotopic (exact) mass is 317 g/mol. The maximum atomic E-state index is 11.5. The largest absolute Gasteiger partial charge is 0.492 e. The summed E-state index contributed by atoms with van der Waals surface area (Å²) in [5.74, 6) is 0.697. The van der Waals surface area contributed by atoms with Crippen molar-refractivity contribution in [2.24, 2.45) is 0 Å². The van der Waals surface area contributed by atoms with Gasteiger partial charge in [-0.25, -0.2) is 8.42 Å². The Morgan fingerprint density at radius 1 is 1.20 bits per heavy atom. The zero-order chi connectivity index (χ0) is 14.8. The average molecular weight is 318 g/mol. The molecule has 6 heteroatoms. The molecular weight excluding hydrogens is 298 g/mol. The number of halogens is 1. The van der Waals surface area contributed by atoms with Gasteiger partial charge in [-0.15, -0.1) is 0 Å². The third-order valence-electron chi connectivity index (χ3n) is 3.55. The number of likely N-dealkylation sites (tertiary alicyclic amines) is 1. The number of aryl methyl sites for hydroxylation is 2. The Morgan fingerprint density at radius 3 is 2.25 bits per heavy atom. The molecule has 0 bridgehead atoms. The summed E-state index contributed by atoms with van der Waals surface area (Å²) >= 11 is 0. The van der Waals surface area contributed by atoms with Crippen LogP contribution in [0.2, 0.25) is 0 Å². The first kappa shape index (κ1) is 15.6. The molecule has 1 heterocycles. The Hall–Kier alpha value is -0.780. The first-order valence-corrected chi connectivity index (χ1v) is 9.10. The SMILES string of the molecule is Cc1cc(OCCN2CCCC2)cc(C)c1S(=O)(=O)Cl. The highest BCUT2D eigenvalue weighted by Crippen LogP contribution is 2.28. The summed E-state index contributed by atoms with van der Waals surface area (Å²) in [7, 11) is 1.73. The van der Waals surface area contributed by atoms with E-state index in [9.17, 15) is 8.42 Å². The lowest BCUT2D eigenvalue weighted by molar-refractivity contribution is 0.237. The van der Waals surface area contributed by atoms with Gasteiger partial charge in [0.2, 0.25) is 0 Å². The highest BCUT2D eigenvalue weighted by atomic mass is 35.7.